The first-order chi connectivity index (χ1) is 25.1. The molecule has 2 aromatic heterocycles. The number of carbonyl (C=O) groups is 1. The maximum atomic E-state index is 14.6. The summed E-state index contributed by atoms with van der Waals surface area (Å²) in [6.45, 7) is 23.0. The number of nitrogens with two attached hydrogens (primary N) is 1. The second-order valence-corrected chi connectivity index (χ2v) is 25.8. The number of nitrogens with zero attached hydrogens (tertiary/aromatic N) is 4. The van der Waals surface area contributed by atoms with Gasteiger partial charge in [0.15, 0.2) is 16.6 Å². The van der Waals surface area contributed by atoms with Crippen molar-refractivity contribution in [3.05, 3.63) is 120 Å². The van der Waals surface area contributed by atoms with Gasteiger partial charge in [-0.15, -0.1) is 0 Å². The highest BCUT2D eigenvalue weighted by Gasteiger charge is 2.38. The molecular weight excluding hydrogens is 723 g/mol. The number of rotatable bonds is 11. The maximum Gasteiger partial charge on any atom is 0.412 e. The van der Waals surface area contributed by atoms with E-state index in [4.69, 9.17) is 19.3 Å². The summed E-state index contributed by atoms with van der Waals surface area (Å²) < 4.78 is 49.1. The molecular formula is C40H54F2N6O4Si2. The topological polar surface area (TPSA) is 118 Å². The first kappa shape index (κ1) is 42.1. The molecule has 3 aromatic carbocycles. The van der Waals surface area contributed by atoms with Gasteiger partial charge < -0.3 is 28.5 Å². The van der Waals surface area contributed by atoms with Gasteiger partial charge in [0, 0.05) is 35.9 Å². The van der Waals surface area contributed by atoms with Gasteiger partial charge in [-0.05, 0) is 66.1 Å². The summed E-state index contributed by atoms with van der Waals surface area (Å²) >= 11 is 0. The molecule has 5 aromatic rings. The van der Waals surface area contributed by atoms with Crippen LogP contribution < -0.4 is 11.1 Å². The molecule has 0 saturated heterocycles. The maximum absolute atomic E-state index is 14.6. The molecule has 0 aliphatic carbocycles. The Morgan fingerprint density at radius 3 is 1.67 bits per heavy atom. The predicted octanol–water partition coefficient (Wildman–Crippen LogP) is 10.4. The molecule has 0 unspecified atom stereocenters. The van der Waals surface area contributed by atoms with E-state index in [2.05, 4.69) is 83.0 Å². The number of benzene rings is 3. The van der Waals surface area contributed by atoms with E-state index in [1.807, 2.05) is 42.7 Å². The minimum atomic E-state index is -1.88. The Morgan fingerprint density at radius 1 is 0.722 bits per heavy atom. The van der Waals surface area contributed by atoms with Gasteiger partial charge in [-0.25, -0.2) is 23.5 Å². The molecule has 290 valence electrons. The monoisotopic (exact) mass is 776 g/mol. The fourth-order valence-electron chi connectivity index (χ4n) is 4.41. The van der Waals surface area contributed by atoms with Gasteiger partial charge in [-0.3, -0.25) is 5.32 Å². The van der Waals surface area contributed by atoms with Crippen molar-refractivity contribution in [1.82, 2.24) is 19.1 Å². The van der Waals surface area contributed by atoms with Crippen molar-refractivity contribution in [2.45, 2.75) is 97.6 Å². The number of imidazole rings is 2. The molecule has 5 rings (SSSR count). The van der Waals surface area contributed by atoms with Crippen molar-refractivity contribution < 1.29 is 27.2 Å². The molecule has 0 radical (unpaired) electrons. The first-order valence-corrected chi connectivity index (χ1v) is 23.6. The molecule has 0 atom stereocenters. The van der Waals surface area contributed by atoms with Crippen molar-refractivity contribution in [3.63, 3.8) is 0 Å². The normalized spacial score (nSPS) is 12.2. The zero-order valence-electron chi connectivity index (χ0n) is 33.0. The van der Waals surface area contributed by atoms with E-state index in [0.717, 1.165) is 17.0 Å². The minimum absolute atomic E-state index is 0.0495. The van der Waals surface area contributed by atoms with Crippen molar-refractivity contribution in [3.8, 4) is 11.4 Å². The smallest absolute Gasteiger partial charge is 0.412 e. The van der Waals surface area contributed by atoms with Gasteiger partial charge in [-0.1, -0.05) is 71.9 Å². The van der Waals surface area contributed by atoms with Gasteiger partial charge >= 0.3 is 6.09 Å². The molecule has 3 N–H and O–H groups in total. The molecule has 2 heterocycles. The van der Waals surface area contributed by atoms with Crippen LogP contribution in [0.2, 0.25) is 36.3 Å². The number of anilines is 2. The Labute approximate surface area is 320 Å². The van der Waals surface area contributed by atoms with Crippen LogP contribution in [0.25, 0.3) is 11.4 Å². The standard InChI is InChI=1S/C24H30FN3O3Si.C16H24FN3OSi/c1-24(2,3)32(4,5)31-16-19-14-28(17-26-19)20-11-12-22(21(25)13-20)27-23(29)30-15-18-9-7-6-8-10-18;1-16(2,3)22(4,5)21-10-12-9-20(11-19-12)13-6-7-15(18)14(17)8-13/h6-14,17H,15-16H2,1-5H3,(H,27,29);6-9,11H,10,18H2,1-5H3. The van der Waals surface area contributed by atoms with Gasteiger partial charge in [-0.2, -0.15) is 0 Å². The minimum Gasteiger partial charge on any atom is -0.444 e. The van der Waals surface area contributed by atoms with E-state index in [-0.39, 0.29) is 28.1 Å². The second kappa shape index (κ2) is 17.2. The highest BCUT2D eigenvalue weighted by atomic mass is 28.4. The molecule has 0 saturated carbocycles. The molecule has 14 heteroatoms. The van der Waals surface area contributed by atoms with Gasteiger partial charge in [0.25, 0.3) is 0 Å². The lowest BCUT2D eigenvalue weighted by Gasteiger charge is -2.35. The van der Waals surface area contributed by atoms with Crippen LogP contribution in [-0.2, 0) is 33.4 Å². The number of aromatic nitrogens is 4. The number of amides is 1. The van der Waals surface area contributed by atoms with Crippen LogP contribution in [0.1, 0.15) is 58.5 Å². The number of hydrogen-bond acceptors (Lipinski definition) is 7. The van der Waals surface area contributed by atoms with Crippen LogP contribution in [0.15, 0.2) is 91.8 Å². The summed E-state index contributed by atoms with van der Waals surface area (Å²) in [5.41, 5.74) is 9.44. The molecule has 54 heavy (non-hydrogen) atoms. The van der Waals surface area contributed by atoms with E-state index in [0.29, 0.717) is 24.6 Å². The summed E-state index contributed by atoms with van der Waals surface area (Å²) in [4.78, 5) is 20.7. The Morgan fingerprint density at radius 2 is 1.20 bits per heavy atom. The van der Waals surface area contributed by atoms with E-state index in [1.165, 1.54) is 18.2 Å². The highest BCUT2D eigenvalue weighted by Crippen LogP contribution is 2.38. The SMILES string of the molecule is CC(C)(C)[Si](C)(C)OCc1cn(-c2ccc(N)c(F)c2)cn1.CC(C)(C)[Si](C)(C)OCc1cn(-c2ccc(NC(=O)OCc3ccccc3)c(F)c2)cn1. The lowest BCUT2D eigenvalue weighted by atomic mass is 10.2. The molecule has 10 nitrogen and oxygen atoms in total. The summed E-state index contributed by atoms with van der Waals surface area (Å²) in [6.07, 6.45) is 6.25. The Balaban J connectivity index is 0.000000258. The van der Waals surface area contributed by atoms with Crippen LogP contribution in [-0.4, -0.2) is 41.8 Å². The number of halogens is 2. The number of carbonyl (C=O) groups excluding carboxylic acids is 1. The van der Waals surface area contributed by atoms with E-state index in [9.17, 15) is 13.6 Å². The average Bonchev–Trinajstić information content (AvgIpc) is 3.78. The van der Waals surface area contributed by atoms with Crippen LogP contribution >= 0.6 is 0 Å². The van der Waals surface area contributed by atoms with Crippen molar-refractivity contribution >= 4 is 34.1 Å². The average molecular weight is 777 g/mol. The summed E-state index contributed by atoms with van der Waals surface area (Å²) in [7, 11) is -3.68. The molecule has 0 spiro atoms. The van der Waals surface area contributed by atoms with E-state index in [1.54, 1.807) is 40.0 Å². The van der Waals surface area contributed by atoms with Gasteiger partial charge in [0.05, 0.1) is 48.6 Å². The first-order valence-electron chi connectivity index (χ1n) is 17.8. The summed E-state index contributed by atoms with van der Waals surface area (Å²) in [5.74, 6) is -0.989. The number of nitrogens with one attached hydrogen (secondary N) is 1. The number of hydrogen-bond donors (Lipinski definition) is 2. The molecule has 0 fully saturated rings. The summed E-state index contributed by atoms with van der Waals surface area (Å²) in [5, 5.41) is 2.72. The molecule has 0 aliphatic heterocycles. The lowest BCUT2D eigenvalue weighted by Crippen LogP contribution is -2.40. The Hall–Kier alpha value is -4.64. The number of ether oxygens (including phenoxy) is 1. The van der Waals surface area contributed by atoms with Crippen molar-refractivity contribution in [1.29, 1.82) is 0 Å². The zero-order chi connectivity index (χ0) is 39.9. The van der Waals surface area contributed by atoms with Gasteiger partial charge in [0.2, 0.25) is 0 Å². The highest BCUT2D eigenvalue weighted by molar-refractivity contribution is 6.74. The van der Waals surface area contributed by atoms with E-state index >= 15 is 0 Å². The predicted molar refractivity (Wildman–Crippen MR) is 216 cm³/mol. The summed E-state index contributed by atoms with van der Waals surface area (Å²) in [6, 6.07) is 18.5. The van der Waals surface area contributed by atoms with Crippen LogP contribution in [0.3, 0.4) is 0 Å². The zero-order valence-corrected chi connectivity index (χ0v) is 35.0. The Kier molecular flexibility index (Phi) is 13.4. The van der Waals surface area contributed by atoms with Crippen LogP contribution in [0.4, 0.5) is 25.0 Å². The number of nitrogen functional groups attached to an aromatic ring is 1. The Bertz CT molecular complexity index is 2000. The van der Waals surface area contributed by atoms with Crippen LogP contribution in [0.5, 0.6) is 0 Å². The van der Waals surface area contributed by atoms with Gasteiger partial charge in [0.1, 0.15) is 18.2 Å². The molecule has 1 amide bonds. The quantitative estimate of drug-likeness (QED) is 0.101. The van der Waals surface area contributed by atoms with Crippen molar-refractivity contribution in [2.75, 3.05) is 11.1 Å². The third-order valence-corrected chi connectivity index (χ3v) is 19.0. The lowest BCUT2D eigenvalue weighted by molar-refractivity contribution is 0.155. The third-order valence-electron chi connectivity index (χ3n) is 10.0. The van der Waals surface area contributed by atoms with Crippen LogP contribution in [0, 0.1) is 11.6 Å². The van der Waals surface area contributed by atoms with E-state index < -0.39 is 34.4 Å². The van der Waals surface area contributed by atoms with Crippen molar-refractivity contribution in [2.24, 2.45) is 0 Å². The molecule has 0 bridgehead atoms. The second-order valence-electron chi connectivity index (χ2n) is 16.2. The largest absolute Gasteiger partial charge is 0.444 e. The fourth-order valence-corrected chi connectivity index (χ4v) is 6.30. The third kappa shape index (κ3) is 11.4. The fraction of sp³-hybridized carbons (Fsp3) is 0.375. The molecule has 0 aliphatic rings.